The van der Waals surface area contributed by atoms with Crippen LogP contribution in [-0.2, 0) is 0 Å². The molecule has 0 bridgehead atoms. The zero-order valence-electron chi connectivity index (χ0n) is 10.0. The molecule has 0 spiro atoms. The van der Waals surface area contributed by atoms with E-state index in [4.69, 9.17) is 10.3 Å². The van der Waals surface area contributed by atoms with Gasteiger partial charge in [-0.25, -0.2) is 9.37 Å². The molecule has 0 radical (unpaired) electrons. The van der Waals surface area contributed by atoms with Gasteiger partial charge in [0.25, 0.3) is 5.89 Å². The SMILES string of the molecule is Nc1ccc(-c2nc(-c3cc(F)ccc3Br)no2)cn1. The highest BCUT2D eigenvalue weighted by molar-refractivity contribution is 9.10. The molecule has 0 unspecified atom stereocenters. The van der Waals surface area contributed by atoms with Crippen molar-refractivity contribution in [2.75, 3.05) is 5.73 Å². The number of benzene rings is 1. The van der Waals surface area contributed by atoms with Crippen LogP contribution in [0.3, 0.4) is 0 Å². The molecule has 0 saturated carbocycles. The monoisotopic (exact) mass is 334 g/mol. The fraction of sp³-hybridized carbons (Fsp3) is 0. The summed E-state index contributed by atoms with van der Waals surface area (Å²) in [4.78, 5) is 8.18. The zero-order valence-corrected chi connectivity index (χ0v) is 11.6. The van der Waals surface area contributed by atoms with E-state index in [0.717, 1.165) is 0 Å². The summed E-state index contributed by atoms with van der Waals surface area (Å²) in [6, 6.07) is 7.63. The molecule has 100 valence electrons. The molecule has 3 rings (SSSR count). The van der Waals surface area contributed by atoms with Gasteiger partial charge in [0, 0.05) is 16.2 Å². The lowest BCUT2D eigenvalue weighted by Gasteiger charge is -1.98. The van der Waals surface area contributed by atoms with Crippen molar-refractivity contribution >= 4 is 21.7 Å². The van der Waals surface area contributed by atoms with Crippen molar-refractivity contribution in [3.8, 4) is 22.8 Å². The van der Waals surface area contributed by atoms with Crippen LogP contribution in [0.2, 0.25) is 0 Å². The molecule has 0 aliphatic carbocycles. The van der Waals surface area contributed by atoms with Gasteiger partial charge in [0.1, 0.15) is 11.6 Å². The Labute approximate surface area is 121 Å². The van der Waals surface area contributed by atoms with Gasteiger partial charge in [0.2, 0.25) is 5.82 Å². The minimum absolute atomic E-state index is 0.295. The molecule has 2 heterocycles. The predicted octanol–water partition coefficient (Wildman–Crippen LogP) is 3.28. The molecule has 0 aliphatic heterocycles. The van der Waals surface area contributed by atoms with Crippen LogP contribution in [-0.4, -0.2) is 15.1 Å². The summed E-state index contributed by atoms with van der Waals surface area (Å²) in [6.07, 6.45) is 1.53. The number of pyridine rings is 1. The van der Waals surface area contributed by atoms with Crippen molar-refractivity contribution in [3.63, 3.8) is 0 Å². The van der Waals surface area contributed by atoms with Gasteiger partial charge >= 0.3 is 0 Å². The standard InChI is InChI=1S/C13H8BrFN4O/c14-10-3-2-8(15)5-9(10)12-18-13(20-19-12)7-1-4-11(16)17-6-7/h1-6H,(H2,16,17). The molecule has 3 aromatic rings. The average molecular weight is 335 g/mol. The van der Waals surface area contributed by atoms with Crippen molar-refractivity contribution in [1.29, 1.82) is 0 Å². The van der Waals surface area contributed by atoms with Crippen molar-refractivity contribution in [1.82, 2.24) is 15.1 Å². The Bertz CT molecular complexity index is 757. The fourth-order valence-corrected chi connectivity index (χ4v) is 2.07. The summed E-state index contributed by atoms with van der Waals surface area (Å²) in [7, 11) is 0. The predicted molar refractivity (Wildman–Crippen MR) is 75.0 cm³/mol. The molecular weight excluding hydrogens is 327 g/mol. The highest BCUT2D eigenvalue weighted by Gasteiger charge is 2.14. The smallest absolute Gasteiger partial charge is 0.259 e. The number of nitrogen functional groups attached to an aromatic ring is 1. The molecule has 7 heteroatoms. The topological polar surface area (TPSA) is 77.8 Å². The van der Waals surface area contributed by atoms with Crippen LogP contribution in [0.4, 0.5) is 10.2 Å². The molecule has 1 aromatic carbocycles. The largest absolute Gasteiger partial charge is 0.384 e. The van der Waals surface area contributed by atoms with E-state index in [0.29, 0.717) is 33.1 Å². The van der Waals surface area contributed by atoms with Gasteiger partial charge in [-0.2, -0.15) is 4.98 Å². The first kappa shape index (κ1) is 12.7. The first-order chi connectivity index (χ1) is 9.63. The summed E-state index contributed by atoms with van der Waals surface area (Å²) in [5.74, 6) is 0.622. The molecule has 5 nitrogen and oxygen atoms in total. The van der Waals surface area contributed by atoms with Gasteiger partial charge in [0.15, 0.2) is 0 Å². The summed E-state index contributed by atoms with van der Waals surface area (Å²) >= 11 is 3.32. The van der Waals surface area contributed by atoms with E-state index in [2.05, 4.69) is 31.1 Å². The lowest BCUT2D eigenvalue weighted by molar-refractivity contribution is 0.432. The van der Waals surface area contributed by atoms with Crippen LogP contribution in [0, 0.1) is 5.82 Å². The number of aromatic nitrogens is 3. The third-order valence-electron chi connectivity index (χ3n) is 2.63. The van der Waals surface area contributed by atoms with E-state index >= 15 is 0 Å². The minimum Gasteiger partial charge on any atom is -0.384 e. The first-order valence-corrected chi connectivity index (χ1v) is 6.44. The van der Waals surface area contributed by atoms with Gasteiger partial charge in [0.05, 0.1) is 5.56 Å². The van der Waals surface area contributed by atoms with E-state index in [-0.39, 0.29) is 5.82 Å². The van der Waals surface area contributed by atoms with Gasteiger partial charge in [-0.15, -0.1) is 0 Å². The number of halogens is 2. The lowest BCUT2D eigenvalue weighted by Crippen LogP contribution is -1.89. The summed E-state index contributed by atoms with van der Waals surface area (Å²) in [5.41, 5.74) is 6.67. The number of hydrogen-bond acceptors (Lipinski definition) is 5. The Kier molecular flexibility index (Phi) is 3.19. The van der Waals surface area contributed by atoms with Crippen molar-refractivity contribution in [3.05, 3.63) is 46.8 Å². The van der Waals surface area contributed by atoms with Crippen molar-refractivity contribution in [2.24, 2.45) is 0 Å². The van der Waals surface area contributed by atoms with E-state index in [1.807, 2.05) is 0 Å². The third kappa shape index (κ3) is 2.39. The Balaban J connectivity index is 2.01. The number of nitrogens with two attached hydrogens (primary N) is 1. The minimum atomic E-state index is -0.372. The van der Waals surface area contributed by atoms with Gasteiger partial charge in [-0.3, -0.25) is 0 Å². The van der Waals surface area contributed by atoms with Gasteiger partial charge in [-0.05, 0) is 30.3 Å². The van der Waals surface area contributed by atoms with Crippen LogP contribution < -0.4 is 5.73 Å². The molecule has 0 amide bonds. The zero-order chi connectivity index (χ0) is 14.1. The van der Waals surface area contributed by atoms with Crippen molar-refractivity contribution in [2.45, 2.75) is 0 Å². The summed E-state index contributed by atoms with van der Waals surface area (Å²) < 4.78 is 19.1. The molecule has 2 aromatic heterocycles. The number of hydrogen-bond donors (Lipinski definition) is 1. The van der Waals surface area contributed by atoms with Crippen LogP contribution in [0.1, 0.15) is 0 Å². The second kappa shape index (κ2) is 5.01. The fourth-order valence-electron chi connectivity index (χ4n) is 1.65. The summed E-state index contributed by atoms with van der Waals surface area (Å²) in [5, 5.41) is 3.85. The van der Waals surface area contributed by atoms with Crippen LogP contribution in [0.5, 0.6) is 0 Å². The average Bonchev–Trinajstić information content (AvgIpc) is 2.92. The molecular formula is C13H8BrFN4O. The second-order valence-corrected chi connectivity index (χ2v) is 4.87. The lowest BCUT2D eigenvalue weighted by atomic mass is 10.2. The normalized spacial score (nSPS) is 10.7. The Morgan fingerprint density at radius 1 is 1.20 bits per heavy atom. The number of nitrogens with zero attached hydrogens (tertiary/aromatic N) is 3. The molecule has 0 fully saturated rings. The molecule has 0 atom stereocenters. The van der Waals surface area contributed by atoms with E-state index in [1.165, 1.54) is 18.3 Å². The van der Waals surface area contributed by atoms with E-state index in [1.54, 1.807) is 18.2 Å². The Hall–Kier alpha value is -2.28. The maximum atomic E-state index is 13.3. The van der Waals surface area contributed by atoms with Crippen molar-refractivity contribution < 1.29 is 8.91 Å². The van der Waals surface area contributed by atoms with Crippen LogP contribution in [0.25, 0.3) is 22.8 Å². The quantitative estimate of drug-likeness (QED) is 0.778. The maximum absolute atomic E-state index is 13.3. The molecule has 20 heavy (non-hydrogen) atoms. The molecule has 0 saturated heterocycles. The third-order valence-corrected chi connectivity index (χ3v) is 3.32. The van der Waals surface area contributed by atoms with Crippen LogP contribution in [0.15, 0.2) is 45.5 Å². The van der Waals surface area contributed by atoms with Gasteiger partial charge in [-0.1, -0.05) is 21.1 Å². The van der Waals surface area contributed by atoms with Crippen LogP contribution >= 0.6 is 15.9 Å². The Morgan fingerprint density at radius 3 is 2.80 bits per heavy atom. The number of rotatable bonds is 2. The number of anilines is 1. The Morgan fingerprint density at radius 2 is 2.05 bits per heavy atom. The van der Waals surface area contributed by atoms with Gasteiger partial charge < -0.3 is 10.3 Å². The molecule has 0 aliphatic rings. The van der Waals surface area contributed by atoms with E-state index in [9.17, 15) is 4.39 Å². The highest BCUT2D eigenvalue weighted by Crippen LogP contribution is 2.28. The maximum Gasteiger partial charge on any atom is 0.259 e. The summed E-state index contributed by atoms with van der Waals surface area (Å²) in [6.45, 7) is 0. The first-order valence-electron chi connectivity index (χ1n) is 5.64. The van der Waals surface area contributed by atoms with E-state index < -0.39 is 0 Å². The molecule has 2 N–H and O–H groups in total. The highest BCUT2D eigenvalue weighted by atomic mass is 79.9. The second-order valence-electron chi connectivity index (χ2n) is 4.02.